The van der Waals surface area contributed by atoms with E-state index in [-0.39, 0.29) is 5.91 Å². The number of unbranched alkanes of at least 4 members (excludes halogenated alkanes) is 3. The van der Waals surface area contributed by atoms with Crippen molar-refractivity contribution in [3.05, 3.63) is 83.8 Å². The number of carbonyl (C=O) groups excluding carboxylic acids is 1. The van der Waals surface area contributed by atoms with E-state index in [0.717, 1.165) is 60.4 Å². The monoisotopic (exact) mass is 513 g/mol. The van der Waals surface area contributed by atoms with Crippen LogP contribution in [0.1, 0.15) is 47.3 Å². The number of thioether (sulfide) groups is 1. The molecule has 0 fully saturated rings. The molecule has 2 aromatic carbocycles. The molecule has 0 bridgehead atoms. The lowest BCUT2D eigenvalue weighted by atomic mass is 10.1. The van der Waals surface area contributed by atoms with E-state index in [1.807, 2.05) is 30.5 Å². The Hall–Kier alpha value is -3.40. The number of rotatable bonds is 11. The number of halogens is 3. The zero-order chi connectivity index (χ0) is 25.4. The predicted octanol–water partition coefficient (Wildman–Crippen LogP) is 6.13. The lowest BCUT2D eigenvalue weighted by molar-refractivity contribution is -0.137. The van der Waals surface area contributed by atoms with Crippen molar-refractivity contribution in [2.75, 3.05) is 5.75 Å². The molecule has 1 N–H and O–H groups in total. The van der Waals surface area contributed by atoms with Gasteiger partial charge in [0.2, 0.25) is 0 Å². The molecule has 10 heteroatoms. The van der Waals surface area contributed by atoms with Crippen LogP contribution in [0.5, 0.6) is 0 Å². The molecule has 188 valence electrons. The highest BCUT2D eigenvalue weighted by Gasteiger charge is 2.30. The molecule has 0 aliphatic rings. The molecule has 2 heterocycles. The van der Waals surface area contributed by atoms with E-state index in [4.69, 9.17) is 0 Å². The Kier molecular flexibility index (Phi) is 8.58. The first-order valence-electron chi connectivity index (χ1n) is 11.7. The SMILES string of the molecule is O=C(NCc1cn(CCCCCCSc2ccnc3cc(C(F)(F)F)ccc23)nn1)c1ccccc1. The van der Waals surface area contributed by atoms with E-state index in [1.54, 1.807) is 34.8 Å². The fourth-order valence-electron chi connectivity index (χ4n) is 3.73. The van der Waals surface area contributed by atoms with Crippen molar-refractivity contribution < 1.29 is 18.0 Å². The molecule has 0 aliphatic heterocycles. The van der Waals surface area contributed by atoms with Gasteiger partial charge in [0.1, 0.15) is 5.69 Å². The van der Waals surface area contributed by atoms with Crippen LogP contribution in [0.4, 0.5) is 13.2 Å². The third-order valence-electron chi connectivity index (χ3n) is 5.62. The van der Waals surface area contributed by atoms with Gasteiger partial charge in [-0.3, -0.25) is 14.5 Å². The van der Waals surface area contributed by atoms with Gasteiger partial charge < -0.3 is 5.32 Å². The summed E-state index contributed by atoms with van der Waals surface area (Å²) in [5.41, 5.74) is 1.00. The number of nitrogens with one attached hydrogen (secondary N) is 1. The second-order valence-electron chi connectivity index (χ2n) is 8.32. The van der Waals surface area contributed by atoms with Gasteiger partial charge in [-0.15, -0.1) is 16.9 Å². The molecule has 0 radical (unpaired) electrons. The van der Waals surface area contributed by atoms with E-state index in [1.165, 1.54) is 6.07 Å². The number of hydrogen-bond acceptors (Lipinski definition) is 5. The molecule has 0 atom stereocenters. The quantitative estimate of drug-likeness (QED) is 0.193. The molecule has 0 unspecified atom stereocenters. The Labute approximate surface area is 211 Å². The molecular weight excluding hydrogens is 487 g/mol. The number of amides is 1. The fourth-order valence-corrected chi connectivity index (χ4v) is 4.78. The second-order valence-corrected chi connectivity index (χ2v) is 9.46. The third kappa shape index (κ3) is 7.07. The number of benzene rings is 2. The summed E-state index contributed by atoms with van der Waals surface area (Å²) in [5, 5.41) is 11.8. The Balaban J connectivity index is 1.14. The van der Waals surface area contributed by atoms with Crippen LogP contribution in [-0.4, -0.2) is 31.6 Å². The lowest BCUT2D eigenvalue weighted by Crippen LogP contribution is -2.22. The van der Waals surface area contributed by atoms with Crippen molar-refractivity contribution in [2.24, 2.45) is 0 Å². The van der Waals surface area contributed by atoms with Gasteiger partial charge in [-0.2, -0.15) is 13.2 Å². The summed E-state index contributed by atoms with van der Waals surface area (Å²) in [6, 6.07) is 14.6. The molecule has 0 aliphatic carbocycles. The van der Waals surface area contributed by atoms with Crippen LogP contribution < -0.4 is 5.32 Å². The predicted molar refractivity (Wildman–Crippen MR) is 134 cm³/mol. The van der Waals surface area contributed by atoms with Crippen molar-refractivity contribution in [1.82, 2.24) is 25.3 Å². The summed E-state index contributed by atoms with van der Waals surface area (Å²) >= 11 is 1.64. The fraction of sp³-hybridized carbons (Fsp3) is 0.308. The Morgan fingerprint density at radius 3 is 2.61 bits per heavy atom. The van der Waals surface area contributed by atoms with Gasteiger partial charge in [0.25, 0.3) is 5.91 Å². The molecule has 0 saturated heterocycles. The normalized spacial score (nSPS) is 11.6. The molecular formula is C26H26F3N5OS. The topological polar surface area (TPSA) is 72.7 Å². The van der Waals surface area contributed by atoms with Crippen LogP contribution in [0.25, 0.3) is 10.9 Å². The average molecular weight is 514 g/mol. The minimum atomic E-state index is -4.37. The summed E-state index contributed by atoms with van der Waals surface area (Å²) in [6.07, 6.45) is 3.08. The van der Waals surface area contributed by atoms with Crippen LogP contribution in [0.2, 0.25) is 0 Å². The van der Waals surface area contributed by atoms with Crippen LogP contribution in [0, 0.1) is 0 Å². The summed E-state index contributed by atoms with van der Waals surface area (Å²) in [5.74, 6) is 0.739. The standard InChI is InChI=1S/C26H26F3N5OS/c27-26(28,29)20-10-11-22-23(16-20)30-13-12-24(22)36-15-7-2-1-6-14-34-18-21(32-33-34)17-31-25(35)19-8-4-3-5-9-19/h3-5,8-13,16,18H,1-2,6-7,14-15,17H2,(H,31,35). The molecule has 0 saturated carbocycles. The lowest BCUT2D eigenvalue weighted by Gasteiger charge is -2.10. The Bertz CT molecular complexity index is 1290. The van der Waals surface area contributed by atoms with Gasteiger partial charge >= 0.3 is 6.18 Å². The van der Waals surface area contributed by atoms with Gasteiger partial charge in [0.15, 0.2) is 0 Å². The molecule has 4 aromatic rings. The average Bonchev–Trinajstić information content (AvgIpc) is 3.34. The first-order chi connectivity index (χ1) is 17.4. The van der Waals surface area contributed by atoms with Crippen molar-refractivity contribution in [2.45, 2.75) is 49.8 Å². The van der Waals surface area contributed by atoms with Gasteiger partial charge in [-0.05, 0) is 48.9 Å². The first-order valence-corrected chi connectivity index (χ1v) is 12.7. The summed E-state index contributed by atoms with van der Waals surface area (Å²) in [4.78, 5) is 17.2. The van der Waals surface area contributed by atoms with E-state index >= 15 is 0 Å². The number of hydrogen-bond donors (Lipinski definition) is 1. The highest BCUT2D eigenvalue weighted by molar-refractivity contribution is 7.99. The van der Waals surface area contributed by atoms with Gasteiger partial charge in [-0.1, -0.05) is 42.3 Å². The van der Waals surface area contributed by atoms with Crippen molar-refractivity contribution in [1.29, 1.82) is 0 Å². The molecule has 0 spiro atoms. The van der Waals surface area contributed by atoms with Crippen molar-refractivity contribution in [3.63, 3.8) is 0 Å². The maximum absolute atomic E-state index is 12.9. The van der Waals surface area contributed by atoms with Gasteiger partial charge in [0, 0.05) is 28.6 Å². The Morgan fingerprint density at radius 1 is 1.00 bits per heavy atom. The summed E-state index contributed by atoms with van der Waals surface area (Å²) in [7, 11) is 0. The minimum Gasteiger partial charge on any atom is -0.346 e. The number of nitrogens with zero attached hydrogens (tertiary/aromatic N) is 4. The highest BCUT2D eigenvalue weighted by Crippen LogP contribution is 2.34. The van der Waals surface area contributed by atoms with Crippen LogP contribution in [0.15, 0.2) is 71.9 Å². The van der Waals surface area contributed by atoms with E-state index in [9.17, 15) is 18.0 Å². The number of aryl methyl sites for hydroxylation is 1. The number of fused-ring (bicyclic) bond motifs is 1. The van der Waals surface area contributed by atoms with E-state index in [0.29, 0.717) is 23.3 Å². The first kappa shape index (κ1) is 25.7. The zero-order valence-electron chi connectivity index (χ0n) is 19.5. The summed E-state index contributed by atoms with van der Waals surface area (Å²) < 4.78 is 40.6. The molecule has 6 nitrogen and oxygen atoms in total. The smallest absolute Gasteiger partial charge is 0.346 e. The highest BCUT2D eigenvalue weighted by atomic mass is 32.2. The third-order valence-corrected chi connectivity index (χ3v) is 6.78. The van der Waals surface area contributed by atoms with Crippen molar-refractivity contribution >= 4 is 28.6 Å². The molecule has 2 aromatic heterocycles. The largest absolute Gasteiger partial charge is 0.416 e. The van der Waals surface area contributed by atoms with E-state index < -0.39 is 11.7 Å². The van der Waals surface area contributed by atoms with Crippen LogP contribution >= 0.6 is 11.8 Å². The maximum atomic E-state index is 12.9. The maximum Gasteiger partial charge on any atom is 0.416 e. The Morgan fingerprint density at radius 2 is 1.81 bits per heavy atom. The minimum absolute atomic E-state index is 0.145. The number of alkyl halides is 3. The van der Waals surface area contributed by atoms with Gasteiger partial charge in [0.05, 0.1) is 23.8 Å². The zero-order valence-corrected chi connectivity index (χ0v) is 20.4. The molecule has 1 amide bonds. The number of carbonyl (C=O) groups is 1. The van der Waals surface area contributed by atoms with Gasteiger partial charge in [-0.25, -0.2) is 0 Å². The summed E-state index contributed by atoms with van der Waals surface area (Å²) in [6.45, 7) is 1.08. The molecule has 36 heavy (non-hydrogen) atoms. The molecule has 4 rings (SSSR count). The second kappa shape index (κ2) is 12.0. The van der Waals surface area contributed by atoms with Crippen LogP contribution in [-0.2, 0) is 19.3 Å². The van der Waals surface area contributed by atoms with Crippen molar-refractivity contribution in [3.8, 4) is 0 Å². The number of aromatic nitrogens is 4. The van der Waals surface area contributed by atoms with Crippen LogP contribution in [0.3, 0.4) is 0 Å². The number of pyridine rings is 1. The van der Waals surface area contributed by atoms with E-state index in [2.05, 4.69) is 20.6 Å².